The van der Waals surface area contributed by atoms with Crippen LogP contribution in [0.1, 0.15) is 163 Å². The Morgan fingerprint density at radius 2 is 1.37 bits per heavy atom. The highest BCUT2D eigenvalue weighted by atomic mass is 16.5. The van der Waals surface area contributed by atoms with E-state index in [4.69, 9.17) is 9.84 Å². The van der Waals surface area contributed by atoms with E-state index in [1.807, 2.05) is 0 Å². The van der Waals surface area contributed by atoms with Crippen molar-refractivity contribution in [3.8, 4) is 0 Å². The molecule has 4 aliphatic carbocycles. The number of hydrogen-bond donors (Lipinski definition) is 2. The molecule has 0 aliphatic heterocycles. The molecule has 6 nitrogen and oxygen atoms in total. The van der Waals surface area contributed by atoms with Crippen molar-refractivity contribution >= 4 is 17.8 Å². The van der Waals surface area contributed by atoms with Gasteiger partial charge in [0.1, 0.15) is 12.6 Å². The van der Waals surface area contributed by atoms with Crippen LogP contribution in [-0.2, 0) is 19.1 Å². The van der Waals surface area contributed by atoms with Crippen molar-refractivity contribution in [2.24, 2.45) is 46.3 Å². The molecule has 0 spiro atoms. The fourth-order valence-electron chi connectivity index (χ4n) is 11.4. The van der Waals surface area contributed by atoms with Crippen LogP contribution in [0.25, 0.3) is 0 Å². The summed E-state index contributed by atoms with van der Waals surface area (Å²) in [7, 11) is 0. The summed E-state index contributed by atoms with van der Waals surface area (Å²) in [6.07, 6.45) is 44.4. The monoisotopic (exact) mass is 746 g/mol. The van der Waals surface area contributed by atoms with E-state index in [0.29, 0.717) is 41.4 Å². The Hall–Kier alpha value is -2.89. The zero-order valence-corrected chi connectivity index (χ0v) is 34.5. The van der Waals surface area contributed by atoms with Gasteiger partial charge < -0.3 is 15.2 Å². The molecule has 2 N–H and O–H groups in total. The summed E-state index contributed by atoms with van der Waals surface area (Å²) in [5.74, 6) is 2.94. The predicted octanol–water partition coefficient (Wildman–Crippen LogP) is 11.9. The van der Waals surface area contributed by atoms with Gasteiger partial charge in [0.05, 0.1) is 0 Å². The number of carboxylic acids is 1. The molecule has 0 radical (unpaired) electrons. The molecule has 9 atom stereocenters. The molecular formula is C48H75NO5. The molecule has 0 aromatic carbocycles. The Kier molecular flexibility index (Phi) is 18.4. The van der Waals surface area contributed by atoms with Crippen molar-refractivity contribution in [3.05, 3.63) is 60.8 Å². The number of fused-ring (bicyclic) bond motifs is 5. The van der Waals surface area contributed by atoms with E-state index in [1.165, 1.54) is 44.9 Å². The number of carbonyl (C=O) groups excluding carboxylic acids is 2. The minimum Gasteiger partial charge on any atom is -0.480 e. The molecule has 0 heterocycles. The lowest BCUT2D eigenvalue weighted by Crippen LogP contribution is -2.54. The molecule has 9 unspecified atom stereocenters. The molecular weight excluding hydrogens is 671 g/mol. The number of amides is 1. The summed E-state index contributed by atoms with van der Waals surface area (Å²) in [4.78, 5) is 35.9. The number of carboxylic acid groups (broad SMARTS) is 1. The van der Waals surface area contributed by atoms with Gasteiger partial charge >= 0.3 is 11.9 Å². The highest BCUT2D eigenvalue weighted by molar-refractivity contribution is 5.81. The predicted molar refractivity (Wildman–Crippen MR) is 222 cm³/mol. The normalized spacial score (nSPS) is 31.6. The van der Waals surface area contributed by atoms with Gasteiger partial charge in [-0.05, 0) is 162 Å². The molecule has 0 aromatic heterocycles. The molecule has 4 saturated carbocycles. The molecule has 54 heavy (non-hydrogen) atoms. The number of allylic oxidation sites excluding steroid dienone is 10. The third-order valence-corrected chi connectivity index (χ3v) is 14.3. The number of nitrogens with one attached hydrogen (secondary N) is 1. The van der Waals surface area contributed by atoms with Gasteiger partial charge in [-0.3, -0.25) is 14.4 Å². The second-order valence-corrected chi connectivity index (χ2v) is 17.8. The van der Waals surface area contributed by atoms with Crippen LogP contribution in [0.15, 0.2) is 60.8 Å². The maximum absolute atomic E-state index is 12.9. The number of esters is 1. The number of hydrogen-bond acceptors (Lipinski definition) is 4. The first-order valence-corrected chi connectivity index (χ1v) is 22.0. The van der Waals surface area contributed by atoms with Crippen molar-refractivity contribution in [1.29, 1.82) is 0 Å². The van der Waals surface area contributed by atoms with Crippen LogP contribution in [0, 0.1) is 46.3 Å². The van der Waals surface area contributed by atoms with Gasteiger partial charge in [-0.15, -0.1) is 0 Å². The Labute approximate surface area is 328 Å². The lowest BCUT2D eigenvalue weighted by atomic mass is 9.44. The molecule has 1 amide bonds. The standard InChI is InChI=1S/C48H75NO5/c1-5-6-7-8-9-10-11-12-13-14-15-16-17-18-19-20-21-22-23-24-46(53)54-39-31-33-47(3)38(35-39)26-27-40-42-29-28-41(48(42,4)34-32-43(40)47)37(2)25-30-44(50)49-36-45(51)52/h6-7,9-10,12-13,15-16,18-19,37-43H,5,8,11,14,17,20-36H2,1-4H3,(H,49,50)(H,51,52)/b7-6-,10-9-,13-12-,16-15-,19-18-. The van der Waals surface area contributed by atoms with E-state index in [1.54, 1.807) is 0 Å². The van der Waals surface area contributed by atoms with Gasteiger partial charge in [0.25, 0.3) is 0 Å². The van der Waals surface area contributed by atoms with Crippen LogP contribution in [-0.4, -0.2) is 35.6 Å². The summed E-state index contributed by atoms with van der Waals surface area (Å²) in [5.41, 5.74) is 0.686. The fraction of sp³-hybridized carbons (Fsp3) is 0.729. The van der Waals surface area contributed by atoms with Crippen LogP contribution < -0.4 is 5.32 Å². The molecule has 4 fully saturated rings. The van der Waals surface area contributed by atoms with Gasteiger partial charge in [0.15, 0.2) is 0 Å². The van der Waals surface area contributed by atoms with E-state index in [-0.39, 0.29) is 24.5 Å². The maximum atomic E-state index is 12.9. The van der Waals surface area contributed by atoms with Crippen LogP contribution in [0.2, 0.25) is 0 Å². The summed E-state index contributed by atoms with van der Waals surface area (Å²) >= 11 is 0. The fourth-order valence-corrected chi connectivity index (χ4v) is 11.4. The molecule has 6 heteroatoms. The SMILES string of the molecule is CC/C=C\C/C=C\C/C=C\C/C=C\C/C=C\CCCCCC(=O)OC1CCC2(C)C(CCC3C2CCC2(C)C(C(C)CCC(=O)NCC(=O)O)CCC32)C1. The molecule has 302 valence electrons. The zero-order chi connectivity index (χ0) is 38.8. The smallest absolute Gasteiger partial charge is 0.322 e. The van der Waals surface area contributed by atoms with Crippen molar-refractivity contribution in [2.45, 2.75) is 169 Å². The Balaban J connectivity index is 1.08. The minimum atomic E-state index is -0.993. The van der Waals surface area contributed by atoms with Crippen LogP contribution >= 0.6 is 0 Å². The van der Waals surface area contributed by atoms with Crippen LogP contribution in [0.5, 0.6) is 0 Å². The van der Waals surface area contributed by atoms with Gasteiger partial charge in [-0.1, -0.05) is 94.9 Å². The highest BCUT2D eigenvalue weighted by Crippen LogP contribution is 2.68. The van der Waals surface area contributed by atoms with Crippen molar-refractivity contribution in [2.75, 3.05) is 6.54 Å². The second kappa shape index (κ2) is 22.6. The molecule has 4 rings (SSSR count). The van der Waals surface area contributed by atoms with Gasteiger partial charge in [-0.25, -0.2) is 0 Å². The topological polar surface area (TPSA) is 92.7 Å². The molecule has 0 aromatic rings. The third-order valence-electron chi connectivity index (χ3n) is 14.3. The minimum absolute atomic E-state index is 0.00563. The average Bonchev–Trinajstić information content (AvgIpc) is 3.51. The van der Waals surface area contributed by atoms with Gasteiger partial charge in [-0.2, -0.15) is 0 Å². The number of aliphatic carboxylic acids is 1. The largest absolute Gasteiger partial charge is 0.480 e. The second-order valence-electron chi connectivity index (χ2n) is 17.8. The zero-order valence-electron chi connectivity index (χ0n) is 34.5. The molecule has 0 saturated heterocycles. The highest BCUT2D eigenvalue weighted by Gasteiger charge is 2.60. The summed E-state index contributed by atoms with van der Waals surface area (Å²) < 4.78 is 6.12. The van der Waals surface area contributed by atoms with E-state index < -0.39 is 5.97 Å². The average molecular weight is 746 g/mol. The third kappa shape index (κ3) is 12.8. The summed E-state index contributed by atoms with van der Waals surface area (Å²) in [6.45, 7) is 9.33. The number of unbranched alkanes of at least 4 members (excludes halogenated alkanes) is 3. The van der Waals surface area contributed by atoms with Crippen molar-refractivity contribution in [3.63, 3.8) is 0 Å². The molecule has 0 bridgehead atoms. The van der Waals surface area contributed by atoms with E-state index in [0.717, 1.165) is 94.8 Å². The lowest BCUT2D eigenvalue weighted by molar-refractivity contribution is -0.162. The van der Waals surface area contributed by atoms with Crippen molar-refractivity contribution < 1.29 is 24.2 Å². The number of carbonyl (C=O) groups is 3. The Bertz CT molecular complexity index is 1330. The summed E-state index contributed by atoms with van der Waals surface area (Å²) in [6, 6.07) is 0. The first kappa shape index (κ1) is 43.8. The van der Waals surface area contributed by atoms with Gasteiger partial charge in [0, 0.05) is 12.8 Å². The Morgan fingerprint density at radius 1 is 0.741 bits per heavy atom. The Morgan fingerprint density at radius 3 is 2.04 bits per heavy atom. The van der Waals surface area contributed by atoms with Crippen LogP contribution in [0.3, 0.4) is 0 Å². The van der Waals surface area contributed by atoms with E-state index in [2.05, 4.69) is 93.8 Å². The van der Waals surface area contributed by atoms with Crippen molar-refractivity contribution in [1.82, 2.24) is 5.32 Å². The van der Waals surface area contributed by atoms with Gasteiger partial charge in [0.2, 0.25) is 5.91 Å². The first-order chi connectivity index (χ1) is 26.1. The lowest BCUT2D eigenvalue weighted by Gasteiger charge is -2.61. The maximum Gasteiger partial charge on any atom is 0.322 e. The number of rotatable bonds is 22. The van der Waals surface area contributed by atoms with Crippen LogP contribution in [0.4, 0.5) is 0 Å². The summed E-state index contributed by atoms with van der Waals surface area (Å²) in [5, 5.41) is 11.4. The van der Waals surface area contributed by atoms with E-state index in [9.17, 15) is 14.4 Å². The molecule has 4 aliphatic rings. The quantitative estimate of drug-likeness (QED) is 0.0654. The number of ether oxygens (including phenoxy) is 1. The first-order valence-electron chi connectivity index (χ1n) is 22.0. The van der Waals surface area contributed by atoms with E-state index >= 15 is 0 Å².